The molecule has 3 aromatic rings. The van der Waals surface area contributed by atoms with E-state index in [0.29, 0.717) is 27.8 Å². The summed E-state index contributed by atoms with van der Waals surface area (Å²) in [6.45, 7) is 4.54. The van der Waals surface area contributed by atoms with Crippen LogP contribution in [0.5, 0.6) is 5.75 Å². The number of nitrogens with one attached hydrogen (secondary N) is 1. The van der Waals surface area contributed by atoms with Gasteiger partial charge in [-0.1, -0.05) is 55.2 Å². The molecule has 0 spiro atoms. The van der Waals surface area contributed by atoms with Crippen molar-refractivity contribution in [2.45, 2.75) is 25.3 Å². The molecular weight excluding hydrogens is 502 g/mol. The van der Waals surface area contributed by atoms with Crippen molar-refractivity contribution in [3.8, 4) is 5.75 Å². The highest BCUT2D eigenvalue weighted by atomic mass is 35.5. The highest BCUT2D eigenvalue weighted by Gasteiger charge is 2.20. The van der Waals surface area contributed by atoms with E-state index >= 15 is 0 Å². The van der Waals surface area contributed by atoms with Gasteiger partial charge in [-0.05, 0) is 60.0 Å². The highest BCUT2D eigenvalue weighted by Crippen LogP contribution is 2.30. The van der Waals surface area contributed by atoms with Crippen LogP contribution in [-0.4, -0.2) is 25.9 Å². The summed E-state index contributed by atoms with van der Waals surface area (Å²) in [4.78, 5) is 14.4. The van der Waals surface area contributed by atoms with Gasteiger partial charge >= 0.3 is 16.1 Å². The Morgan fingerprint density at radius 2 is 1.65 bits per heavy atom. The quantitative estimate of drug-likeness (QED) is 0.337. The minimum absolute atomic E-state index is 0.0703. The van der Waals surface area contributed by atoms with Crippen molar-refractivity contribution in [3.05, 3.63) is 88.2 Å². The van der Waals surface area contributed by atoms with E-state index in [0.717, 1.165) is 24.3 Å². The van der Waals surface area contributed by atoms with Crippen LogP contribution in [-0.2, 0) is 16.7 Å². The van der Waals surface area contributed by atoms with Gasteiger partial charge in [-0.3, -0.25) is 0 Å². The van der Waals surface area contributed by atoms with Crippen molar-refractivity contribution < 1.29 is 21.8 Å². The van der Waals surface area contributed by atoms with Crippen LogP contribution in [0.25, 0.3) is 0 Å². The van der Waals surface area contributed by atoms with Crippen molar-refractivity contribution in [2.75, 3.05) is 11.9 Å². The first-order chi connectivity index (χ1) is 16.0. The lowest BCUT2D eigenvalue weighted by Gasteiger charge is -2.25. The number of carbonyl (C=O) groups excluding carboxylic acids is 1. The summed E-state index contributed by atoms with van der Waals surface area (Å²) >= 11 is 12.3. The van der Waals surface area contributed by atoms with Crippen molar-refractivity contribution in [2.24, 2.45) is 5.92 Å². The standard InChI is InChI=1S/C24H23Cl2FN2O4S/c1-16(2)14-29(24(30)28-23-21(25)7-4-8-22(23)26)15-17-5-3-6-19(13-17)33-34(31,32)20-11-9-18(27)10-12-20/h3-13,16H,14-15H2,1-2H3,(H,28,30). The second kappa shape index (κ2) is 11.1. The normalized spacial score (nSPS) is 11.4. The largest absolute Gasteiger partial charge is 0.379 e. The smallest absolute Gasteiger partial charge is 0.339 e. The molecule has 0 atom stereocenters. The van der Waals surface area contributed by atoms with Gasteiger partial charge < -0.3 is 14.4 Å². The molecule has 3 aromatic carbocycles. The number of anilines is 1. The van der Waals surface area contributed by atoms with E-state index in [9.17, 15) is 17.6 Å². The number of carbonyl (C=O) groups is 1. The molecule has 0 bridgehead atoms. The molecule has 0 fully saturated rings. The first-order valence-electron chi connectivity index (χ1n) is 10.3. The third-order valence-electron chi connectivity index (χ3n) is 4.65. The van der Waals surface area contributed by atoms with Gasteiger partial charge in [-0.15, -0.1) is 0 Å². The van der Waals surface area contributed by atoms with Crippen LogP contribution < -0.4 is 9.50 Å². The van der Waals surface area contributed by atoms with E-state index in [1.807, 2.05) is 13.8 Å². The topological polar surface area (TPSA) is 75.7 Å². The Morgan fingerprint density at radius 1 is 1.03 bits per heavy atom. The molecule has 0 aliphatic rings. The summed E-state index contributed by atoms with van der Waals surface area (Å²) in [6, 6.07) is 15.3. The van der Waals surface area contributed by atoms with Gasteiger partial charge in [0.05, 0.1) is 15.7 Å². The second-order valence-electron chi connectivity index (χ2n) is 7.94. The van der Waals surface area contributed by atoms with Gasteiger partial charge in [0.2, 0.25) is 0 Å². The van der Waals surface area contributed by atoms with Crippen LogP contribution in [0.2, 0.25) is 10.0 Å². The first kappa shape index (κ1) is 25.8. The number of urea groups is 1. The first-order valence-corrected chi connectivity index (χ1v) is 12.5. The van der Waals surface area contributed by atoms with Gasteiger partial charge in [0.25, 0.3) is 0 Å². The van der Waals surface area contributed by atoms with Gasteiger partial charge in [-0.25, -0.2) is 9.18 Å². The molecule has 0 heterocycles. The summed E-state index contributed by atoms with van der Waals surface area (Å²) in [5.41, 5.74) is 0.958. The predicted molar refractivity (Wildman–Crippen MR) is 131 cm³/mol. The fraction of sp³-hybridized carbons (Fsp3) is 0.208. The monoisotopic (exact) mass is 524 g/mol. The van der Waals surface area contributed by atoms with Crippen LogP contribution in [0.15, 0.2) is 71.6 Å². The van der Waals surface area contributed by atoms with E-state index in [4.69, 9.17) is 27.4 Å². The van der Waals surface area contributed by atoms with Crippen LogP contribution in [0.3, 0.4) is 0 Å². The number of nitrogens with zero attached hydrogens (tertiary/aromatic N) is 1. The molecule has 0 aliphatic carbocycles. The molecule has 0 aromatic heterocycles. The fourth-order valence-electron chi connectivity index (χ4n) is 3.16. The van der Waals surface area contributed by atoms with Gasteiger partial charge in [-0.2, -0.15) is 8.42 Å². The number of hydrogen-bond acceptors (Lipinski definition) is 4. The molecule has 0 radical (unpaired) electrons. The van der Waals surface area contributed by atoms with Gasteiger partial charge in [0, 0.05) is 13.1 Å². The van der Waals surface area contributed by atoms with Crippen molar-refractivity contribution in [3.63, 3.8) is 0 Å². The average Bonchev–Trinajstić information content (AvgIpc) is 2.76. The molecule has 180 valence electrons. The van der Waals surface area contributed by atoms with Crippen LogP contribution in [0.4, 0.5) is 14.9 Å². The molecule has 0 saturated carbocycles. The van der Waals surface area contributed by atoms with Crippen LogP contribution >= 0.6 is 23.2 Å². The summed E-state index contributed by atoms with van der Waals surface area (Å²) < 4.78 is 43.4. The van der Waals surface area contributed by atoms with Crippen LogP contribution in [0, 0.1) is 11.7 Å². The number of hydrogen-bond donors (Lipinski definition) is 1. The molecule has 3 rings (SSSR count). The molecule has 6 nitrogen and oxygen atoms in total. The zero-order chi connectivity index (χ0) is 24.9. The fourth-order valence-corrected chi connectivity index (χ4v) is 4.57. The van der Waals surface area contributed by atoms with Gasteiger partial charge in [0.1, 0.15) is 16.5 Å². The molecule has 0 unspecified atom stereocenters. The SMILES string of the molecule is CC(C)CN(Cc1cccc(OS(=O)(=O)c2ccc(F)cc2)c1)C(=O)Nc1c(Cl)cccc1Cl. The summed E-state index contributed by atoms with van der Waals surface area (Å²) in [5, 5.41) is 3.37. The molecule has 2 amide bonds. The number of halogens is 3. The summed E-state index contributed by atoms with van der Waals surface area (Å²) in [5.74, 6) is -0.325. The molecular formula is C24H23Cl2FN2O4S. The van der Waals surface area contributed by atoms with E-state index < -0.39 is 22.0 Å². The van der Waals surface area contributed by atoms with E-state index in [-0.39, 0.29) is 23.1 Å². The van der Waals surface area contributed by atoms with E-state index in [1.165, 1.54) is 12.1 Å². The second-order valence-corrected chi connectivity index (χ2v) is 10.3. The highest BCUT2D eigenvalue weighted by molar-refractivity contribution is 7.87. The zero-order valence-electron chi connectivity index (χ0n) is 18.5. The Hall–Kier alpha value is -2.81. The lowest BCUT2D eigenvalue weighted by Crippen LogP contribution is -2.37. The minimum Gasteiger partial charge on any atom is -0.379 e. The Balaban J connectivity index is 1.79. The molecule has 10 heteroatoms. The lowest BCUT2D eigenvalue weighted by molar-refractivity contribution is 0.201. The minimum atomic E-state index is -4.15. The van der Waals surface area contributed by atoms with Gasteiger partial charge in [0.15, 0.2) is 0 Å². The Bertz CT molecular complexity index is 1250. The summed E-state index contributed by atoms with van der Waals surface area (Å²) in [7, 11) is -4.15. The third kappa shape index (κ3) is 6.85. The maximum Gasteiger partial charge on any atom is 0.339 e. The predicted octanol–water partition coefficient (Wildman–Crippen LogP) is 6.59. The Morgan fingerprint density at radius 3 is 2.26 bits per heavy atom. The zero-order valence-corrected chi connectivity index (χ0v) is 20.8. The van der Waals surface area contributed by atoms with E-state index in [1.54, 1.807) is 35.2 Å². The maximum absolute atomic E-state index is 13.1. The average molecular weight is 525 g/mol. The number of benzene rings is 3. The molecule has 0 saturated heterocycles. The summed E-state index contributed by atoms with van der Waals surface area (Å²) in [6.07, 6.45) is 0. The van der Waals surface area contributed by atoms with Crippen molar-refractivity contribution >= 4 is 45.0 Å². The molecule has 0 aliphatic heterocycles. The van der Waals surface area contributed by atoms with Crippen molar-refractivity contribution in [1.82, 2.24) is 4.90 Å². The third-order valence-corrected chi connectivity index (χ3v) is 6.54. The van der Waals surface area contributed by atoms with Crippen molar-refractivity contribution in [1.29, 1.82) is 0 Å². The number of rotatable bonds is 8. The van der Waals surface area contributed by atoms with E-state index in [2.05, 4.69) is 5.32 Å². The Labute approximate surface area is 208 Å². The Kier molecular flexibility index (Phi) is 8.41. The number of amides is 2. The number of para-hydroxylation sites is 1. The molecule has 34 heavy (non-hydrogen) atoms. The maximum atomic E-state index is 13.1. The molecule has 1 N–H and O–H groups in total. The van der Waals surface area contributed by atoms with Crippen LogP contribution in [0.1, 0.15) is 19.4 Å². The lowest BCUT2D eigenvalue weighted by atomic mass is 10.1.